The van der Waals surface area contributed by atoms with Gasteiger partial charge in [0.25, 0.3) is 0 Å². The van der Waals surface area contributed by atoms with Gasteiger partial charge in [-0.15, -0.1) is 0 Å². The Morgan fingerprint density at radius 2 is 1.85 bits per heavy atom. The van der Waals surface area contributed by atoms with Gasteiger partial charge in [0.15, 0.2) is 10.8 Å². The van der Waals surface area contributed by atoms with Gasteiger partial charge in [0.2, 0.25) is 11.7 Å². The van der Waals surface area contributed by atoms with Crippen molar-refractivity contribution in [2.24, 2.45) is 16.7 Å². The number of ether oxygens (including phenoxy) is 2. The van der Waals surface area contributed by atoms with Crippen molar-refractivity contribution in [1.29, 1.82) is 21.2 Å². The molecular weight excluding hydrogens is 256 g/mol. The van der Waals surface area contributed by atoms with E-state index in [2.05, 4.69) is 0 Å². The SMILES string of the molecule is CCCC1OC2(C)OC(=N)C1(C#N)C(C#N)(C#N)C2C. The van der Waals surface area contributed by atoms with Crippen molar-refractivity contribution in [3.63, 3.8) is 0 Å². The summed E-state index contributed by atoms with van der Waals surface area (Å²) >= 11 is 0. The summed E-state index contributed by atoms with van der Waals surface area (Å²) in [6, 6.07) is 6.01. The van der Waals surface area contributed by atoms with Crippen molar-refractivity contribution >= 4 is 5.90 Å². The molecule has 0 amide bonds. The van der Waals surface area contributed by atoms with Gasteiger partial charge in [-0.05, 0) is 6.42 Å². The molecule has 0 aromatic rings. The fraction of sp³-hybridized carbons (Fsp3) is 0.714. The lowest BCUT2D eigenvalue weighted by molar-refractivity contribution is -0.336. The van der Waals surface area contributed by atoms with Gasteiger partial charge >= 0.3 is 0 Å². The summed E-state index contributed by atoms with van der Waals surface area (Å²) in [4.78, 5) is 0. The Hall–Kier alpha value is -2.10. The predicted molar refractivity (Wildman–Crippen MR) is 67.9 cm³/mol. The van der Waals surface area contributed by atoms with Gasteiger partial charge in [-0.25, -0.2) is 0 Å². The molecule has 0 radical (unpaired) electrons. The number of nitriles is 3. The van der Waals surface area contributed by atoms with Crippen LogP contribution in [0.2, 0.25) is 0 Å². The number of nitrogens with zero attached hydrogens (tertiary/aromatic N) is 3. The molecule has 0 aliphatic carbocycles. The average molecular weight is 272 g/mol. The molecule has 0 spiro atoms. The molecule has 20 heavy (non-hydrogen) atoms. The minimum Gasteiger partial charge on any atom is -0.448 e. The van der Waals surface area contributed by atoms with E-state index in [1.165, 1.54) is 0 Å². The van der Waals surface area contributed by atoms with Crippen LogP contribution in [0.4, 0.5) is 0 Å². The second kappa shape index (κ2) is 4.20. The van der Waals surface area contributed by atoms with Crippen LogP contribution in [-0.2, 0) is 9.47 Å². The third-order valence-electron chi connectivity index (χ3n) is 4.66. The molecule has 3 aliphatic heterocycles. The first-order valence-corrected chi connectivity index (χ1v) is 6.58. The number of fused-ring (bicyclic) bond motifs is 3. The molecule has 4 unspecified atom stereocenters. The normalized spacial score (nSPS) is 41.1. The van der Waals surface area contributed by atoms with Crippen LogP contribution in [0.3, 0.4) is 0 Å². The fourth-order valence-electron chi connectivity index (χ4n) is 3.33. The molecule has 3 saturated heterocycles. The molecule has 104 valence electrons. The van der Waals surface area contributed by atoms with Crippen LogP contribution >= 0.6 is 0 Å². The van der Waals surface area contributed by atoms with Gasteiger partial charge in [-0.2, -0.15) is 15.8 Å². The molecule has 6 nitrogen and oxygen atoms in total. The van der Waals surface area contributed by atoms with E-state index in [9.17, 15) is 15.8 Å². The van der Waals surface area contributed by atoms with Gasteiger partial charge in [0.1, 0.15) is 0 Å². The molecule has 1 N–H and O–H groups in total. The molecule has 3 aliphatic rings. The van der Waals surface area contributed by atoms with E-state index in [-0.39, 0.29) is 5.90 Å². The van der Waals surface area contributed by atoms with Gasteiger partial charge in [-0.1, -0.05) is 20.3 Å². The van der Waals surface area contributed by atoms with Crippen molar-refractivity contribution in [2.75, 3.05) is 0 Å². The number of hydrogen-bond acceptors (Lipinski definition) is 6. The maximum atomic E-state index is 9.68. The third-order valence-corrected chi connectivity index (χ3v) is 4.66. The molecule has 3 fully saturated rings. The lowest BCUT2D eigenvalue weighted by Crippen LogP contribution is -2.73. The second-order valence-corrected chi connectivity index (χ2v) is 5.52. The summed E-state index contributed by atoms with van der Waals surface area (Å²) in [5.41, 5.74) is -3.30. The number of rotatable bonds is 2. The smallest absolute Gasteiger partial charge is 0.214 e. The van der Waals surface area contributed by atoms with E-state index in [1.54, 1.807) is 13.8 Å². The maximum absolute atomic E-state index is 9.68. The Bertz CT molecular complexity index is 567. The Morgan fingerprint density at radius 1 is 1.25 bits per heavy atom. The molecule has 3 rings (SSSR count). The zero-order chi connectivity index (χ0) is 15.2. The van der Waals surface area contributed by atoms with Crippen LogP contribution in [0.5, 0.6) is 0 Å². The lowest BCUT2D eigenvalue weighted by atomic mass is 9.51. The van der Waals surface area contributed by atoms with E-state index >= 15 is 0 Å². The van der Waals surface area contributed by atoms with E-state index < -0.39 is 28.6 Å². The predicted octanol–water partition coefficient (Wildman–Crippen LogP) is 2.09. The topological polar surface area (TPSA) is 114 Å². The van der Waals surface area contributed by atoms with Gasteiger partial charge < -0.3 is 9.47 Å². The van der Waals surface area contributed by atoms with Gasteiger partial charge in [0, 0.05) is 6.92 Å². The first-order valence-electron chi connectivity index (χ1n) is 6.58. The Balaban J connectivity index is 2.76. The number of hydrogen-bond donors (Lipinski definition) is 1. The Morgan fingerprint density at radius 3 is 2.30 bits per heavy atom. The van der Waals surface area contributed by atoms with Crippen molar-refractivity contribution < 1.29 is 9.47 Å². The molecule has 0 aromatic heterocycles. The molecule has 3 heterocycles. The second-order valence-electron chi connectivity index (χ2n) is 5.52. The first-order chi connectivity index (χ1) is 9.38. The molecule has 4 atom stereocenters. The van der Waals surface area contributed by atoms with Crippen LogP contribution < -0.4 is 0 Å². The Kier molecular flexibility index (Phi) is 3.00. The molecule has 0 aromatic carbocycles. The summed E-state index contributed by atoms with van der Waals surface area (Å²) in [6.45, 7) is 5.21. The van der Waals surface area contributed by atoms with E-state index in [0.29, 0.717) is 6.42 Å². The van der Waals surface area contributed by atoms with E-state index in [0.717, 1.165) is 6.42 Å². The zero-order valence-corrected chi connectivity index (χ0v) is 11.7. The van der Waals surface area contributed by atoms with Gasteiger partial charge in [0.05, 0.1) is 30.2 Å². The number of nitrogens with one attached hydrogen (secondary N) is 1. The largest absolute Gasteiger partial charge is 0.448 e. The van der Waals surface area contributed by atoms with Crippen LogP contribution in [0, 0.1) is 56.2 Å². The highest BCUT2D eigenvalue weighted by molar-refractivity contribution is 5.88. The quantitative estimate of drug-likeness (QED) is 0.826. The first kappa shape index (κ1) is 14.3. The zero-order valence-electron chi connectivity index (χ0n) is 11.7. The maximum Gasteiger partial charge on any atom is 0.214 e. The molecule has 6 heteroatoms. The van der Waals surface area contributed by atoms with Crippen molar-refractivity contribution in [3.8, 4) is 18.2 Å². The van der Waals surface area contributed by atoms with Crippen molar-refractivity contribution in [1.82, 2.24) is 0 Å². The highest BCUT2D eigenvalue weighted by Gasteiger charge is 2.77. The summed E-state index contributed by atoms with van der Waals surface area (Å²) in [6.07, 6.45) is 0.533. The van der Waals surface area contributed by atoms with E-state index in [1.807, 2.05) is 25.1 Å². The summed E-state index contributed by atoms with van der Waals surface area (Å²) in [5, 5.41) is 37.0. The van der Waals surface area contributed by atoms with Crippen LogP contribution in [-0.4, -0.2) is 17.8 Å². The molecule has 2 bridgehead atoms. The van der Waals surface area contributed by atoms with Gasteiger partial charge in [-0.3, -0.25) is 5.41 Å². The van der Waals surface area contributed by atoms with Crippen molar-refractivity contribution in [3.05, 3.63) is 0 Å². The van der Waals surface area contributed by atoms with Crippen LogP contribution in [0.25, 0.3) is 0 Å². The van der Waals surface area contributed by atoms with Crippen molar-refractivity contribution in [2.45, 2.75) is 45.5 Å². The highest BCUT2D eigenvalue weighted by Crippen LogP contribution is 2.62. The van der Waals surface area contributed by atoms with Crippen LogP contribution in [0.1, 0.15) is 33.6 Å². The summed E-state index contributed by atoms with van der Waals surface area (Å²) < 4.78 is 11.3. The fourth-order valence-corrected chi connectivity index (χ4v) is 3.33. The average Bonchev–Trinajstić information content (AvgIpc) is 2.42. The monoisotopic (exact) mass is 272 g/mol. The minimum atomic E-state index is -1.66. The summed E-state index contributed by atoms with van der Waals surface area (Å²) in [5.74, 6) is -2.18. The summed E-state index contributed by atoms with van der Waals surface area (Å²) in [7, 11) is 0. The lowest BCUT2D eigenvalue weighted by Gasteiger charge is -2.60. The van der Waals surface area contributed by atoms with Crippen LogP contribution in [0.15, 0.2) is 0 Å². The highest BCUT2D eigenvalue weighted by atomic mass is 16.7. The third kappa shape index (κ3) is 1.26. The Labute approximate surface area is 118 Å². The molecular formula is C14H16N4O2. The standard InChI is InChI=1S/C14H16N4O2/c1-4-5-10-14(8-17)11(18)20-12(3,19-10)9(2)13(14,6-15)7-16/h9-10,18H,4-5H2,1-3H3. The minimum absolute atomic E-state index is 0.326. The van der Waals surface area contributed by atoms with E-state index in [4.69, 9.17) is 14.9 Å². The molecule has 0 saturated carbocycles.